The van der Waals surface area contributed by atoms with Gasteiger partial charge in [0.1, 0.15) is 0 Å². The van der Waals surface area contributed by atoms with Crippen molar-refractivity contribution in [3.8, 4) is 0 Å². The molecule has 0 radical (unpaired) electrons. The molecule has 2 rings (SSSR count). The first-order chi connectivity index (χ1) is 8.20. The first-order valence-corrected chi connectivity index (χ1v) is 6.46. The molecule has 0 amide bonds. The lowest BCUT2D eigenvalue weighted by molar-refractivity contribution is 0.397. The van der Waals surface area contributed by atoms with Gasteiger partial charge in [-0.3, -0.25) is 0 Å². The van der Waals surface area contributed by atoms with Crippen LogP contribution in [-0.4, -0.2) is 34.6 Å². The van der Waals surface area contributed by atoms with Crippen molar-refractivity contribution in [1.82, 2.24) is 15.0 Å². The lowest BCUT2D eigenvalue weighted by Gasteiger charge is -2.34. The van der Waals surface area contributed by atoms with Crippen molar-refractivity contribution in [2.45, 2.75) is 38.6 Å². The highest BCUT2D eigenvalue weighted by atomic mass is 35.5. The van der Waals surface area contributed by atoms with Gasteiger partial charge in [-0.05, 0) is 37.3 Å². The number of hydrogen-bond donors (Lipinski definition) is 1. The second-order valence-electron chi connectivity index (χ2n) is 4.35. The van der Waals surface area contributed by atoms with Crippen LogP contribution in [0.2, 0.25) is 5.28 Å². The first kappa shape index (κ1) is 12.4. The van der Waals surface area contributed by atoms with E-state index in [0.29, 0.717) is 17.9 Å². The summed E-state index contributed by atoms with van der Waals surface area (Å²) < 4.78 is 0. The van der Waals surface area contributed by atoms with Crippen LogP contribution in [0.5, 0.6) is 0 Å². The number of nitrogens with one attached hydrogen (secondary N) is 1. The third kappa shape index (κ3) is 2.97. The van der Waals surface area contributed by atoms with E-state index in [1.165, 1.54) is 19.3 Å². The van der Waals surface area contributed by atoms with Crippen LogP contribution < -0.4 is 10.2 Å². The molecule has 6 heteroatoms. The van der Waals surface area contributed by atoms with E-state index in [1.807, 2.05) is 7.05 Å². The maximum Gasteiger partial charge on any atom is 0.231 e. The molecule has 0 spiro atoms. The predicted octanol–water partition coefficient (Wildman–Crippen LogP) is 2.34. The molecule has 0 saturated heterocycles. The molecule has 1 aliphatic rings. The monoisotopic (exact) mass is 255 g/mol. The summed E-state index contributed by atoms with van der Waals surface area (Å²) in [5.74, 6) is 1.22. The van der Waals surface area contributed by atoms with Gasteiger partial charge in [0.2, 0.25) is 17.2 Å². The summed E-state index contributed by atoms with van der Waals surface area (Å²) >= 11 is 5.91. The van der Waals surface area contributed by atoms with E-state index in [1.54, 1.807) is 0 Å². The van der Waals surface area contributed by atoms with Gasteiger partial charge in [-0.15, -0.1) is 0 Å². The van der Waals surface area contributed by atoms with Crippen LogP contribution in [0.4, 0.5) is 11.9 Å². The highest BCUT2D eigenvalue weighted by Gasteiger charge is 2.24. The quantitative estimate of drug-likeness (QED) is 0.875. The van der Waals surface area contributed by atoms with Crippen LogP contribution in [0.3, 0.4) is 0 Å². The maximum absolute atomic E-state index is 5.91. The number of hydrogen-bond acceptors (Lipinski definition) is 5. The Balaban J connectivity index is 2.12. The van der Waals surface area contributed by atoms with Crippen molar-refractivity contribution < 1.29 is 0 Å². The summed E-state index contributed by atoms with van der Waals surface area (Å²) in [5, 5.41) is 3.38. The van der Waals surface area contributed by atoms with E-state index < -0.39 is 0 Å². The summed E-state index contributed by atoms with van der Waals surface area (Å²) in [5.41, 5.74) is 0. The molecule has 5 nitrogen and oxygen atoms in total. The Morgan fingerprint density at radius 1 is 1.35 bits per heavy atom. The number of anilines is 2. The van der Waals surface area contributed by atoms with E-state index in [2.05, 4.69) is 32.1 Å². The van der Waals surface area contributed by atoms with Gasteiger partial charge < -0.3 is 10.2 Å². The minimum Gasteiger partial charge on any atom is -0.354 e. The van der Waals surface area contributed by atoms with Gasteiger partial charge in [0.15, 0.2) is 0 Å². The third-order valence-electron chi connectivity index (χ3n) is 3.07. The van der Waals surface area contributed by atoms with Crippen molar-refractivity contribution >= 4 is 23.5 Å². The van der Waals surface area contributed by atoms with Crippen molar-refractivity contribution in [3.63, 3.8) is 0 Å². The molecular weight excluding hydrogens is 238 g/mol. The van der Waals surface area contributed by atoms with Crippen molar-refractivity contribution in [1.29, 1.82) is 0 Å². The van der Waals surface area contributed by atoms with Gasteiger partial charge in [0.25, 0.3) is 0 Å². The molecule has 1 fully saturated rings. The minimum absolute atomic E-state index is 0.250. The Bertz CT molecular complexity index is 380. The van der Waals surface area contributed by atoms with E-state index >= 15 is 0 Å². The van der Waals surface area contributed by atoms with Gasteiger partial charge in [0, 0.05) is 19.6 Å². The largest absolute Gasteiger partial charge is 0.354 e. The molecule has 0 atom stereocenters. The normalized spacial score (nSPS) is 15.5. The number of rotatable bonds is 5. The lowest BCUT2D eigenvalue weighted by Crippen LogP contribution is -2.38. The molecule has 1 aromatic rings. The van der Waals surface area contributed by atoms with E-state index in [0.717, 1.165) is 13.0 Å². The topological polar surface area (TPSA) is 53.9 Å². The highest BCUT2D eigenvalue weighted by Crippen LogP contribution is 2.26. The van der Waals surface area contributed by atoms with E-state index in [-0.39, 0.29) is 5.28 Å². The molecule has 94 valence electrons. The van der Waals surface area contributed by atoms with Crippen LogP contribution in [-0.2, 0) is 0 Å². The lowest BCUT2D eigenvalue weighted by atomic mass is 9.92. The molecule has 1 N–H and O–H groups in total. The second kappa shape index (κ2) is 5.49. The van der Waals surface area contributed by atoms with E-state index in [9.17, 15) is 0 Å². The van der Waals surface area contributed by atoms with Crippen LogP contribution in [0.25, 0.3) is 0 Å². The maximum atomic E-state index is 5.91. The second-order valence-corrected chi connectivity index (χ2v) is 4.69. The minimum atomic E-state index is 0.250. The van der Waals surface area contributed by atoms with Crippen molar-refractivity contribution in [2.24, 2.45) is 0 Å². The summed E-state index contributed by atoms with van der Waals surface area (Å²) in [6.45, 7) is 2.93. The standard InChI is InChI=1S/C11H18ClN5/c1-3-7-13-10-14-9(12)15-11(16-10)17(2)8-5-4-6-8/h8H,3-7H2,1-2H3,(H,13,14,15,16). The third-order valence-corrected chi connectivity index (χ3v) is 3.24. The molecule has 0 aliphatic heterocycles. The molecule has 1 saturated carbocycles. The molecule has 1 aliphatic carbocycles. The molecule has 0 aromatic carbocycles. The molecule has 17 heavy (non-hydrogen) atoms. The van der Waals surface area contributed by atoms with E-state index in [4.69, 9.17) is 11.6 Å². The zero-order chi connectivity index (χ0) is 12.3. The fourth-order valence-corrected chi connectivity index (χ4v) is 1.91. The number of nitrogens with zero attached hydrogens (tertiary/aromatic N) is 4. The Morgan fingerprint density at radius 2 is 2.12 bits per heavy atom. The average Bonchev–Trinajstić information content (AvgIpc) is 2.23. The van der Waals surface area contributed by atoms with Crippen LogP contribution in [0, 0.1) is 0 Å². The van der Waals surface area contributed by atoms with Gasteiger partial charge >= 0.3 is 0 Å². The highest BCUT2D eigenvalue weighted by molar-refractivity contribution is 6.28. The molecular formula is C11H18ClN5. The summed E-state index contributed by atoms with van der Waals surface area (Å²) in [6.07, 6.45) is 4.72. The van der Waals surface area contributed by atoms with Crippen molar-refractivity contribution in [2.75, 3.05) is 23.8 Å². The zero-order valence-corrected chi connectivity index (χ0v) is 11.0. The Morgan fingerprint density at radius 3 is 2.71 bits per heavy atom. The Kier molecular flexibility index (Phi) is 3.99. The van der Waals surface area contributed by atoms with Crippen molar-refractivity contribution in [3.05, 3.63) is 5.28 Å². The van der Waals surface area contributed by atoms with Crippen LogP contribution in [0.15, 0.2) is 0 Å². The summed E-state index contributed by atoms with van der Waals surface area (Å²) in [4.78, 5) is 14.7. The smallest absolute Gasteiger partial charge is 0.231 e. The first-order valence-electron chi connectivity index (χ1n) is 6.09. The zero-order valence-electron chi connectivity index (χ0n) is 10.3. The number of aromatic nitrogens is 3. The average molecular weight is 256 g/mol. The van der Waals surface area contributed by atoms with Crippen LogP contribution >= 0.6 is 11.6 Å². The van der Waals surface area contributed by atoms with Crippen LogP contribution in [0.1, 0.15) is 32.6 Å². The molecule has 1 aromatic heterocycles. The van der Waals surface area contributed by atoms with Gasteiger partial charge in [-0.2, -0.15) is 15.0 Å². The predicted molar refractivity (Wildman–Crippen MR) is 69.7 cm³/mol. The fraction of sp³-hybridized carbons (Fsp3) is 0.727. The number of halogens is 1. The Hall–Kier alpha value is -1.10. The summed E-state index contributed by atoms with van der Waals surface area (Å²) in [7, 11) is 2.01. The molecule has 1 heterocycles. The molecule has 0 unspecified atom stereocenters. The van der Waals surface area contributed by atoms with Gasteiger partial charge in [-0.25, -0.2) is 0 Å². The molecule has 0 bridgehead atoms. The SMILES string of the molecule is CCCNc1nc(Cl)nc(N(C)C2CCC2)n1. The fourth-order valence-electron chi connectivity index (χ4n) is 1.75. The van der Waals surface area contributed by atoms with Gasteiger partial charge in [-0.1, -0.05) is 6.92 Å². The summed E-state index contributed by atoms with van der Waals surface area (Å²) in [6, 6.07) is 0.549. The Labute approximate surface area is 107 Å². The van der Waals surface area contributed by atoms with Gasteiger partial charge in [0.05, 0.1) is 0 Å².